The van der Waals surface area contributed by atoms with Crippen LogP contribution in [0.5, 0.6) is 0 Å². The summed E-state index contributed by atoms with van der Waals surface area (Å²) in [5.74, 6) is -0.691. The number of nitrogens with zero attached hydrogens (tertiary/aromatic N) is 2. The van der Waals surface area contributed by atoms with E-state index in [0.29, 0.717) is 17.1 Å². The van der Waals surface area contributed by atoms with Crippen LogP contribution in [-0.4, -0.2) is 28.1 Å². The van der Waals surface area contributed by atoms with E-state index >= 15 is 0 Å². The molecule has 0 fully saturated rings. The molecule has 2 aromatic heterocycles. The predicted molar refractivity (Wildman–Crippen MR) is 64.0 cm³/mol. The molecule has 0 saturated carbocycles. The summed E-state index contributed by atoms with van der Waals surface area (Å²) in [7, 11) is 1.64. The van der Waals surface area contributed by atoms with Crippen LogP contribution in [0.2, 0.25) is 0 Å². The molecule has 2 N–H and O–H groups in total. The van der Waals surface area contributed by atoms with Crippen LogP contribution in [0.25, 0.3) is 11.3 Å². The lowest BCUT2D eigenvalue weighted by molar-refractivity contribution is 0.0698. The van der Waals surface area contributed by atoms with Crippen LogP contribution >= 0.6 is 0 Å². The molecule has 0 amide bonds. The van der Waals surface area contributed by atoms with Gasteiger partial charge in [-0.05, 0) is 18.2 Å². The number of pyridine rings is 2. The molecular weight excluding hydrogens is 218 g/mol. The number of carboxylic acid groups (broad SMARTS) is 1. The van der Waals surface area contributed by atoms with E-state index in [1.807, 2.05) is 6.07 Å². The van der Waals surface area contributed by atoms with Crippen molar-refractivity contribution < 1.29 is 9.90 Å². The Morgan fingerprint density at radius 3 is 2.65 bits per heavy atom. The lowest BCUT2D eigenvalue weighted by Crippen LogP contribution is -2.07. The fraction of sp³-hybridized carbons (Fsp3) is 0.0833. The van der Waals surface area contributed by atoms with Crippen LogP contribution < -0.4 is 5.32 Å². The Labute approximate surface area is 98.2 Å². The lowest BCUT2D eigenvalue weighted by Gasteiger charge is -2.09. The van der Waals surface area contributed by atoms with Gasteiger partial charge in [-0.3, -0.25) is 4.98 Å². The van der Waals surface area contributed by atoms with Gasteiger partial charge in [0.05, 0.1) is 5.69 Å². The van der Waals surface area contributed by atoms with Crippen molar-refractivity contribution in [1.29, 1.82) is 0 Å². The molecule has 0 atom stereocenters. The van der Waals surface area contributed by atoms with Crippen LogP contribution in [0.15, 0.2) is 36.7 Å². The molecule has 2 aromatic rings. The Morgan fingerprint density at radius 2 is 2.06 bits per heavy atom. The van der Waals surface area contributed by atoms with E-state index in [1.54, 1.807) is 37.6 Å². The molecule has 0 saturated heterocycles. The summed E-state index contributed by atoms with van der Waals surface area (Å²) >= 11 is 0. The number of hydrogen-bond acceptors (Lipinski definition) is 4. The summed E-state index contributed by atoms with van der Waals surface area (Å²) in [5.41, 5.74) is 1.30. The average molecular weight is 229 g/mol. The summed E-state index contributed by atoms with van der Waals surface area (Å²) in [6, 6.07) is 7.01. The number of hydrogen-bond donors (Lipinski definition) is 2. The summed E-state index contributed by atoms with van der Waals surface area (Å²) < 4.78 is 0. The summed E-state index contributed by atoms with van der Waals surface area (Å²) in [6.07, 6.45) is 3.18. The van der Waals surface area contributed by atoms with E-state index in [2.05, 4.69) is 15.3 Å². The number of nitrogens with one attached hydrogen (secondary N) is 1. The van der Waals surface area contributed by atoms with Crippen molar-refractivity contribution in [2.45, 2.75) is 0 Å². The minimum atomic E-state index is -1.02. The van der Waals surface area contributed by atoms with Gasteiger partial charge in [0, 0.05) is 25.0 Å². The van der Waals surface area contributed by atoms with Crippen molar-refractivity contribution in [3.63, 3.8) is 0 Å². The van der Waals surface area contributed by atoms with Gasteiger partial charge < -0.3 is 10.4 Å². The highest BCUT2D eigenvalue weighted by Crippen LogP contribution is 2.25. The number of anilines is 1. The molecule has 0 aromatic carbocycles. The van der Waals surface area contributed by atoms with Crippen molar-refractivity contribution in [3.05, 3.63) is 42.2 Å². The van der Waals surface area contributed by atoms with Gasteiger partial charge in [0.15, 0.2) is 0 Å². The summed E-state index contributed by atoms with van der Waals surface area (Å²) in [6.45, 7) is 0. The molecule has 86 valence electrons. The standard InChI is InChI=1S/C12H11N3O2/c1-13-11-10(12(16)17)8(5-7-15-11)9-4-2-3-6-14-9/h2-7H,1H3,(H,13,15)(H,16,17). The number of carbonyl (C=O) groups is 1. The Bertz CT molecular complexity index is 541. The molecule has 5 nitrogen and oxygen atoms in total. The summed E-state index contributed by atoms with van der Waals surface area (Å²) in [5, 5.41) is 12.0. The quantitative estimate of drug-likeness (QED) is 0.840. The summed E-state index contributed by atoms with van der Waals surface area (Å²) in [4.78, 5) is 19.4. The molecule has 0 radical (unpaired) electrons. The van der Waals surface area contributed by atoms with Crippen molar-refractivity contribution in [2.24, 2.45) is 0 Å². The van der Waals surface area contributed by atoms with Crippen LogP contribution in [0.1, 0.15) is 10.4 Å². The fourth-order valence-corrected chi connectivity index (χ4v) is 1.60. The number of carboxylic acids is 1. The number of aromatic carboxylic acids is 1. The monoisotopic (exact) mass is 229 g/mol. The van der Waals surface area contributed by atoms with E-state index < -0.39 is 5.97 Å². The van der Waals surface area contributed by atoms with Gasteiger partial charge >= 0.3 is 5.97 Å². The van der Waals surface area contributed by atoms with Gasteiger partial charge in [0.2, 0.25) is 0 Å². The van der Waals surface area contributed by atoms with E-state index in [4.69, 9.17) is 0 Å². The topological polar surface area (TPSA) is 75.1 Å². The van der Waals surface area contributed by atoms with Crippen molar-refractivity contribution in [1.82, 2.24) is 9.97 Å². The zero-order valence-corrected chi connectivity index (χ0v) is 9.21. The van der Waals surface area contributed by atoms with Gasteiger partial charge in [0.1, 0.15) is 11.4 Å². The normalized spacial score (nSPS) is 9.94. The second-order valence-electron chi connectivity index (χ2n) is 3.35. The van der Waals surface area contributed by atoms with Crippen LogP contribution in [0, 0.1) is 0 Å². The molecule has 0 bridgehead atoms. The van der Waals surface area contributed by atoms with Gasteiger partial charge in [-0.15, -0.1) is 0 Å². The molecule has 0 aliphatic heterocycles. The second kappa shape index (κ2) is 4.61. The third kappa shape index (κ3) is 2.08. The first-order valence-corrected chi connectivity index (χ1v) is 5.05. The Kier molecular flexibility index (Phi) is 3.00. The minimum absolute atomic E-state index is 0.133. The maximum atomic E-state index is 11.3. The molecule has 5 heteroatoms. The van der Waals surface area contributed by atoms with Gasteiger partial charge in [0.25, 0.3) is 0 Å². The largest absolute Gasteiger partial charge is 0.478 e. The highest BCUT2D eigenvalue weighted by molar-refractivity contribution is 6.00. The van der Waals surface area contributed by atoms with Crippen LogP contribution in [0.3, 0.4) is 0 Å². The first-order valence-electron chi connectivity index (χ1n) is 5.05. The number of aromatic nitrogens is 2. The van der Waals surface area contributed by atoms with Crippen molar-refractivity contribution in [2.75, 3.05) is 12.4 Å². The van der Waals surface area contributed by atoms with Crippen molar-refractivity contribution in [3.8, 4) is 11.3 Å². The maximum absolute atomic E-state index is 11.3. The predicted octanol–water partition coefficient (Wildman–Crippen LogP) is 1.88. The van der Waals surface area contributed by atoms with E-state index in [1.165, 1.54) is 0 Å². The second-order valence-corrected chi connectivity index (χ2v) is 3.35. The van der Waals surface area contributed by atoms with Crippen LogP contribution in [-0.2, 0) is 0 Å². The third-order valence-corrected chi connectivity index (χ3v) is 2.34. The van der Waals surface area contributed by atoms with Crippen LogP contribution in [0.4, 0.5) is 5.82 Å². The lowest BCUT2D eigenvalue weighted by atomic mass is 10.1. The Morgan fingerprint density at radius 1 is 1.24 bits per heavy atom. The molecule has 0 aliphatic rings. The molecule has 0 aliphatic carbocycles. The van der Waals surface area contributed by atoms with E-state index in [0.717, 1.165) is 0 Å². The van der Waals surface area contributed by atoms with Gasteiger partial charge in [-0.25, -0.2) is 9.78 Å². The molecule has 2 rings (SSSR count). The fourth-order valence-electron chi connectivity index (χ4n) is 1.60. The van der Waals surface area contributed by atoms with Gasteiger partial charge in [-0.1, -0.05) is 6.07 Å². The zero-order valence-electron chi connectivity index (χ0n) is 9.21. The zero-order chi connectivity index (χ0) is 12.3. The molecular formula is C12H11N3O2. The number of rotatable bonds is 3. The SMILES string of the molecule is CNc1nccc(-c2ccccn2)c1C(=O)O. The Hall–Kier alpha value is -2.43. The van der Waals surface area contributed by atoms with E-state index in [9.17, 15) is 9.90 Å². The minimum Gasteiger partial charge on any atom is -0.478 e. The maximum Gasteiger partial charge on any atom is 0.340 e. The smallest absolute Gasteiger partial charge is 0.340 e. The van der Waals surface area contributed by atoms with Crippen molar-refractivity contribution >= 4 is 11.8 Å². The van der Waals surface area contributed by atoms with Gasteiger partial charge in [-0.2, -0.15) is 0 Å². The molecule has 17 heavy (non-hydrogen) atoms. The highest BCUT2D eigenvalue weighted by Gasteiger charge is 2.17. The van der Waals surface area contributed by atoms with E-state index in [-0.39, 0.29) is 5.56 Å². The first kappa shape index (κ1) is 11.1. The molecule has 2 heterocycles. The molecule has 0 unspecified atom stereocenters. The first-order chi connectivity index (χ1) is 8.24. The Balaban J connectivity index is 2.66. The third-order valence-electron chi connectivity index (χ3n) is 2.34. The molecule has 0 spiro atoms. The average Bonchev–Trinajstić information content (AvgIpc) is 2.38. The highest BCUT2D eigenvalue weighted by atomic mass is 16.4.